The molecule has 2 aromatic heterocycles. The molecular formula is C14H20N4. The fourth-order valence-electron chi connectivity index (χ4n) is 2.06. The topological polar surface area (TPSA) is 42.7 Å². The van der Waals surface area contributed by atoms with E-state index in [2.05, 4.69) is 40.5 Å². The van der Waals surface area contributed by atoms with E-state index in [4.69, 9.17) is 0 Å². The number of aromatic nitrogens is 3. The summed E-state index contributed by atoms with van der Waals surface area (Å²) in [6.45, 7) is 10.0. The minimum absolute atomic E-state index is 0.867. The van der Waals surface area contributed by atoms with E-state index in [0.717, 1.165) is 36.0 Å². The van der Waals surface area contributed by atoms with Gasteiger partial charge in [0.25, 0.3) is 0 Å². The highest BCUT2D eigenvalue weighted by molar-refractivity contribution is 5.32. The lowest BCUT2D eigenvalue weighted by Gasteiger charge is -2.08. The number of aryl methyl sites for hydroxylation is 3. The van der Waals surface area contributed by atoms with Crippen LogP contribution in [-0.2, 0) is 6.54 Å². The summed E-state index contributed by atoms with van der Waals surface area (Å²) < 4.78 is 1.90. The third-order valence-electron chi connectivity index (χ3n) is 2.81. The van der Waals surface area contributed by atoms with Gasteiger partial charge in [-0.25, -0.2) is 9.67 Å². The van der Waals surface area contributed by atoms with Gasteiger partial charge < -0.3 is 5.32 Å². The first-order valence-corrected chi connectivity index (χ1v) is 6.32. The monoisotopic (exact) mass is 244 g/mol. The van der Waals surface area contributed by atoms with Gasteiger partial charge in [-0.15, -0.1) is 0 Å². The van der Waals surface area contributed by atoms with Crippen LogP contribution in [-0.4, -0.2) is 21.3 Å². The van der Waals surface area contributed by atoms with Gasteiger partial charge in [0, 0.05) is 17.9 Å². The molecule has 2 rings (SSSR count). The third kappa shape index (κ3) is 2.76. The summed E-state index contributed by atoms with van der Waals surface area (Å²) in [5.41, 5.74) is 4.39. The average molecular weight is 244 g/mol. The SMILES string of the molecule is CCNCc1cc(C)nc(-n2nc(C)cc2C)c1. The minimum atomic E-state index is 0.867. The minimum Gasteiger partial charge on any atom is -0.313 e. The molecule has 0 spiro atoms. The number of rotatable bonds is 4. The molecule has 0 unspecified atom stereocenters. The van der Waals surface area contributed by atoms with Gasteiger partial charge in [-0.1, -0.05) is 6.92 Å². The predicted octanol–water partition coefficient (Wildman–Crippen LogP) is 2.30. The molecule has 0 saturated heterocycles. The van der Waals surface area contributed by atoms with Crippen molar-refractivity contribution in [2.24, 2.45) is 0 Å². The van der Waals surface area contributed by atoms with E-state index in [9.17, 15) is 0 Å². The van der Waals surface area contributed by atoms with Gasteiger partial charge in [-0.2, -0.15) is 5.10 Å². The van der Waals surface area contributed by atoms with Crippen LogP contribution >= 0.6 is 0 Å². The molecule has 0 amide bonds. The normalized spacial score (nSPS) is 10.9. The van der Waals surface area contributed by atoms with Gasteiger partial charge in [0.05, 0.1) is 5.69 Å². The number of hydrogen-bond acceptors (Lipinski definition) is 3. The summed E-state index contributed by atoms with van der Waals surface area (Å²) in [7, 11) is 0. The highest BCUT2D eigenvalue weighted by Gasteiger charge is 2.07. The molecule has 2 aromatic rings. The van der Waals surface area contributed by atoms with Crippen LogP contribution in [0.25, 0.3) is 5.82 Å². The summed E-state index contributed by atoms with van der Waals surface area (Å²) in [6.07, 6.45) is 0. The van der Waals surface area contributed by atoms with Gasteiger partial charge in [0.15, 0.2) is 5.82 Å². The highest BCUT2D eigenvalue weighted by atomic mass is 15.3. The average Bonchev–Trinajstić information content (AvgIpc) is 2.65. The second kappa shape index (κ2) is 5.31. The number of hydrogen-bond donors (Lipinski definition) is 1. The van der Waals surface area contributed by atoms with Crippen molar-refractivity contribution in [3.63, 3.8) is 0 Å². The molecule has 4 nitrogen and oxygen atoms in total. The lowest BCUT2D eigenvalue weighted by molar-refractivity contribution is 0.720. The van der Waals surface area contributed by atoms with Crippen LogP contribution in [0.2, 0.25) is 0 Å². The van der Waals surface area contributed by atoms with Gasteiger partial charge in [-0.3, -0.25) is 0 Å². The van der Waals surface area contributed by atoms with Crippen molar-refractivity contribution in [1.82, 2.24) is 20.1 Å². The molecule has 2 heterocycles. The first-order chi connectivity index (χ1) is 8.60. The van der Waals surface area contributed by atoms with Crippen molar-refractivity contribution in [2.75, 3.05) is 6.54 Å². The Hall–Kier alpha value is -1.68. The van der Waals surface area contributed by atoms with Crippen molar-refractivity contribution in [2.45, 2.75) is 34.2 Å². The van der Waals surface area contributed by atoms with Crippen molar-refractivity contribution in [3.8, 4) is 5.82 Å². The van der Waals surface area contributed by atoms with E-state index in [0.29, 0.717) is 0 Å². The Balaban J connectivity index is 2.38. The smallest absolute Gasteiger partial charge is 0.154 e. The first-order valence-electron chi connectivity index (χ1n) is 6.32. The third-order valence-corrected chi connectivity index (χ3v) is 2.81. The van der Waals surface area contributed by atoms with Crippen molar-refractivity contribution >= 4 is 0 Å². The molecule has 0 saturated carbocycles. The van der Waals surface area contributed by atoms with E-state index in [1.807, 2.05) is 25.5 Å². The second-order valence-corrected chi connectivity index (χ2v) is 4.59. The van der Waals surface area contributed by atoms with Gasteiger partial charge in [-0.05, 0) is 51.1 Å². The van der Waals surface area contributed by atoms with E-state index in [1.54, 1.807) is 0 Å². The summed E-state index contributed by atoms with van der Waals surface area (Å²) in [6, 6.07) is 6.26. The number of pyridine rings is 1. The zero-order chi connectivity index (χ0) is 13.1. The van der Waals surface area contributed by atoms with Crippen LogP contribution in [0.4, 0.5) is 0 Å². The van der Waals surface area contributed by atoms with Crippen LogP contribution in [0.3, 0.4) is 0 Å². The number of nitrogens with one attached hydrogen (secondary N) is 1. The zero-order valence-electron chi connectivity index (χ0n) is 11.5. The predicted molar refractivity (Wildman–Crippen MR) is 73.0 cm³/mol. The quantitative estimate of drug-likeness (QED) is 0.897. The first kappa shape index (κ1) is 12.8. The Bertz CT molecular complexity index is 543. The number of nitrogens with zero attached hydrogens (tertiary/aromatic N) is 3. The van der Waals surface area contributed by atoms with Crippen molar-refractivity contribution < 1.29 is 0 Å². The Labute approximate surface area is 108 Å². The molecule has 4 heteroatoms. The van der Waals surface area contributed by atoms with Crippen LogP contribution < -0.4 is 5.32 Å². The molecule has 0 aliphatic carbocycles. The summed E-state index contributed by atoms with van der Waals surface area (Å²) in [4.78, 5) is 4.56. The van der Waals surface area contributed by atoms with Crippen LogP contribution in [0.5, 0.6) is 0 Å². The molecule has 0 bridgehead atoms. The van der Waals surface area contributed by atoms with Crippen LogP contribution in [0.1, 0.15) is 29.6 Å². The fraction of sp³-hybridized carbons (Fsp3) is 0.429. The van der Waals surface area contributed by atoms with E-state index >= 15 is 0 Å². The maximum absolute atomic E-state index is 4.56. The zero-order valence-corrected chi connectivity index (χ0v) is 11.5. The Morgan fingerprint density at radius 3 is 2.50 bits per heavy atom. The van der Waals surface area contributed by atoms with Crippen molar-refractivity contribution in [1.29, 1.82) is 0 Å². The standard InChI is InChI=1S/C14H20N4/c1-5-15-9-13-7-10(2)16-14(8-13)18-12(4)6-11(3)17-18/h6-8,15H,5,9H2,1-4H3. The molecular weight excluding hydrogens is 224 g/mol. The molecule has 0 aliphatic rings. The molecule has 0 aliphatic heterocycles. The Kier molecular flexibility index (Phi) is 3.77. The lowest BCUT2D eigenvalue weighted by Crippen LogP contribution is -2.13. The van der Waals surface area contributed by atoms with Gasteiger partial charge >= 0.3 is 0 Å². The van der Waals surface area contributed by atoms with Gasteiger partial charge in [0.1, 0.15) is 0 Å². The molecule has 0 radical (unpaired) electrons. The second-order valence-electron chi connectivity index (χ2n) is 4.59. The highest BCUT2D eigenvalue weighted by Crippen LogP contribution is 2.13. The molecule has 96 valence electrons. The maximum atomic E-state index is 4.56. The Morgan fingerprint density at radius 1 is 1.11 bits per heavy atom. The molecule has 1 N–H and O–H groups in total. The molecule has 0 aromatic carbocycles. The summed E-state index contributed by atoms with van der Waals surface area (Å²) in [5.74, 6) is 0.897. The van der Waals surface area contributed by atoms with Crippen LogP contribution in [0.15, 0.2) is 18.2 Å². The largest absolute Gasteiger partial charge is 0.313 e. The molecule has 0 fully saturated rings. The summed E-state index contributed by atoms with van der Waals surface area (Å²) in [5, 5.41) is 7.81. The van der Waals surface area contributed by atoms with Crippen LogP contribution in [0, 0.1) is 20.8 Å². The molecule has 18 heavy (non-hydrogen) atoms. The molecule has 0 atom stereocenters. The Morgan fingerprint density at radius 2 is 1.89 bits per heavy atom. The van der Waals surface area contributed by atoms with E-state index < -0.39 is 0 Å². The van der Waals surface area contributed by atoms with Crippen molar-refractivity contribution in [3.05, 3.63) is 40.8 Å². The van der Waals surface area contributed by atoms with E-state index in [-0.39, 0.29) is 0 Å². The van der Waals surface area contributed by atoms with E-state index in [1.165, 1.54) is 5.56 Å². The maximum Gasteiger partial charge on any atom is 0.154 e. The van der Waals surface area contributed by atoms with Gasteiger partial charge in [0.2, 0.25) is 0 Å². The summed E-state index contributed by atoms with van der Waals surface area (Å²) >= 11 is 0. The fourth-order valence-corrected chi connectivity index (χ4v) is 2.06. The lowest BCUT2D eigenvalue weighted by atomic mass is 10.2.